The molecule has 0 fully saturated rings. The second-order valence-corrected chi connectivity index (χ2v) is 7.05. The molecular formula is C17H20BrNO2S. The van der Waals surface area contributed by atoms with Gasteiger partial charge in [0.15, 0.2) is 0 Å². The quantitative estimate of drug-likeness (QED) is 0.623. The summed E-state index contributed by atoms with van der Waals surface area (Å²) in [6, 6.07) is 8.35. The first-order valence-electron chi connectivity index (χ1n) is 7.43. The molecule has 0 aliphatic carbocycles. The van der Waals surface area contributed by atoms with Crippen LogP contribution in [-0.2, 0) is 9.53 Å². The molecule has 0 saturated heterocycles. The Morgan fingerprint density at radius 1 is 1.32 bits per heavy atom. The molecule has 22 heavy (non-hydrogen) atoms. The number of rotatable bonds is 7. The van der Waals surface area contributed by atoms with Crippen molar-refractivity contribution in [2.24, 2.45) is 0 Å². The predicted octanol–water partition coefficient (Wildman–Crippen LogP) is 5.14. The molecule has 0 N–H and O–H groups in total. The first-order chi connectivity index (χ1) is 10.6. The van der Waals surface area contributed by atoms with Gasteiger partial charge < -0.3 is 4.74 Å². The minimum absolute atomic E-state index is 0.166. The maximum absolute atomic E-state index is 12.2. The van der Waals surface area contributed by atoms with Crippen molar-refractivity contribution in [2.45, 2.75) is 38.5 Å². The molecule has 2 rings (SSSR count). The van der Waals surface area contributed by atoms with Crippen LogP contribution in [0, 0.1) is 0 Å². The van der Waals surface area contributed by atoms with Crippen molar-refractivity contribution in [3.8, 4) is 0 Å². The smallest absolute Gasteiger partial charge is 0.315 e. The third kappa shape index (κ3) is 4.65. The SMILES string of the molecule is CCOC(=O)C(CCC(C)c1ccc(Br)cc1)c1nccs1. The molecule has 2 atom stereocenters. The van der Waals surface area contributed by atoms with Crippen LogP contribution in [-0.4, -0.2) is 17.6 Å². The van der Waals surface area contributed by atoms with Crippen LogP contribution < -0.4 is 0 Å². The number of benzene rings is 1. The van der Waals surface area contributed by atoms with Crippen molar-refractivity contribution < 1.29 is 9.53 Å². The molecule has 0 radical (unpaired) electrons. The fourth-order valence-electron chi connectivity index (χ4n) is 2.37. The summed E-state index contributed by atoms with van der Waals surface area (Å²) < 4.78 is 6.28. The first kappa shape index (κ1) is 17.2. The monoisotopic (exact) mass is 381 g/mol. The molecule has 0 spiro atoms. The maximum atomic E-state index is 12.2. The van der Waals surface area contributed by atoms with Gasteiger partial charge in [0.2, 0.25) is 0 Å². The summed E-state index contributed by atoms with van der Waals surface area (Å²) in [6.45, 7) is 4.43. The molecule has 1 heterocycles. The molecular weight excluding hydrogens is 362 g/mol. The van der Waals surface area contributed by atoms with E-state index in [-0.39, 0.29) is 11.9 Å². The van der Waals surface area contributed by atoms with E-state index in [1.165, 1.54) is 16.9 Å². The normalized spacial score (nSPS) is 13.6. The maximum Gasteiger partial charge on any atom is 0.315 e. The number of carbonyl (C=O) groups is 1. The fourth-order valence-corrected chi connectivity index (χ4v) is 3.39. The van der Waals surface area contributed by atoms with Gasteiger partial charge in [-0.1, -0.05) is 35.0 Å². The van der Waals surface area contributed by atoms with E-state index in [0.29, 0.717) is 12.5 Å². The number of halogens is 1. The highest BCUT2D eigenvalue weighted by atomic mass is 79.9. The first-order valence-corrected chi connectivity index (χ1v) is 9.10. The molecule has 118 valence electrons. The summed E-state index contributed by atoms with van der Waals surface area (Å²) in [5.74, 6) is -0.0247. The number of hydrogen-bond donors (Lipinski definition) is 0. The highest BCUT2D eigenvalue weighted by molar-refractivity contribution is 9.10. The van der Waals surface area contributed by atoms with E-state index < -0.39 is 0 Å². The number of esters is 1. The van der Waals surface area contributed by atoms with Gasteiger partial charge in [-0.2, -0.15) is 0 Å². The highest BCUT2D eigenvalue weighted by Crippen LogP contribution is 2.30. The van der Waals surface area contributed by atoms with E-state index >= 15 is 0 Å². The Morgan fingerprint density at radius 2 is 2.05 bits per heavy atom. The van der Waals surface area contributed by atoms with E-state index in [1.807, 2.05) is 12.3 Å². The van der Waals surface area contributed by atoms with Crippen LogP contribution in [0.4, 0.5) is 0 Å². The molecule has 1 aromatic heterocycles. The number of ether oxygens (including phenoxy) is 1. The second kappa shape index (κ2) is 8.44. The van der Waals surface area contributed by atoms with Gasteiger partial charge >= 0.3 is 5.97 Å². The Kier molecular flexibility index (Phi) is 6.58. The summed E-state index contributed by atoms with van der Waals surface area (Å²) >= 11 is 4.97. The molecule has 1 aromatic carbocycles. The van der Waals surface area contributed by atoms with Crippen LogP contribution in [0.5, 0.6) is 0 Å². The van der Waals surface area contributed by atoms with E-state index in [9.17, 15) is 4.79 Å². The molecule has 0 bridgehead atoms. The third-order valence-corrected chi connectivity index (χ3v) is 5.07. The van der Waals surface area contributed by atoms with Crippen LogP contribution in [0.2, 0.25) is 0 Å². The van der Waals surface area contributed by atoms with Gasteiger partial charge in [-0.05, 0) is 43.4 Å². The average molecular weight is 382 g/mol. The Bertz CT molecular complexity index is 583. The van der Waals surface area contributed by atoms with E-state index in [0.717, 1.165) is 22.3 Å². The van der Waals surface area contributed by atoms with Gasteiger partial charge in [0.25, 0.3) is 0 Å². The minimum atomic E-state index is -0.252. The fraction of sp³-hybridized carbons (Fsp3) is 0.412. The topological polar surface area (TPSA) is 39.2 Å². The number of hydrogen-bond acceptors (Lipinski definition) is 4. The van der Waals surface area contributed by atoms with E-state index in [1.54, 1.807) is 6.20 Å². The number of aromatic nitrogens is 1. The van der Waals surface area contributed by atoms with Crippen LogP contribution in [0.1, 0.15) is 49.1 Å². The van der Waals surface area contributed by atoms with Gasteiger partial charge in [-0.15, -0.1) is 11.3 Å². The van der Waals surface area contributed by atoms with Gasteiger partial charge in [-0.3, -0.25) is 4.79 Å². The minimum Gasteiger partial charge on any atom is -0.465 e. The number of nitrogens with zero attached hydrogens (tertiary/aromatic N) is 1. The standard InChI is InChI=1S/C17H20BrNO2S/c1-3-21-17(20)15(16-19-10-11-22-16)9-4-12(2)13-5-7-14(18)8-6-13/h5-8,10-12,15H,3-4,9H2,1-2H3. The third-order valence-electron chi connectivity index (χ3n) is 3.65. The van der Waals surface area contributed by atoms with Crippen molar-refractivity contribution in [1.82, 2.24) is 4.98 Å². The van der Waals surface area contributed by atoms with Crippen molar-refractivity contribution in [1.29, 1.82) is 0 Å². The average Bonchev–Trinajstić information content (AvgIpc) is 3.02. The summed E-state index contributed by atoms with van der Waals surface area (Å²) in [5.41, 5.74) is 1.28. The lowest BCUT2D eigenvalue weighted by Gasteiger charge is -2.17. The summed E-state index contributed by atoms with van der Waals surface area (Å²) in [6.07, 6.45) is 3.42. The van der Waals surface area contributed by atoms with Gasteiger partial charge in [0.1, 0.15) is 10.9 Å². The summed E-state index contributed by atoms with van der Waals surface area (Å²) in [5, 5.41) is 2.75. The Hall–Kier alpha value is -1.20. The lowest BCUT2D eigenvalue weighted by Crippen LogP contribution is -2.16. The molecule has 0 aliphatic heterocycles. The Balaban J connectivity index is 2.01. The molecule has 3 nitrogen and oxygen atoms in total. The molecule has 2 aromatic rings. The molecule has 5 heteroatoms. The number of thiazole rings is 1. The van der Waals surface area contributed by atoms with Crippen LogP contribution >= 0.6 is 27.3 Å². The largest absolute Gasteiger partial charge is 0.465 e. The van der Waals surface area contributed by atoms with E-state index in [4.69, 9.17) is 4.74 Å². The lowest BCUT2D eigenvalue weighted by atomic mass is 9.92. The zero-order valence-corrected chi connectivity index (χ0v) is 15.2. The van der Waals surface area contributed by atoms with Crippen molar-refractivity contribution in [3.05, 3.63) is 50.9 Å². The molecule has 2 unspecified atom stereocenters. The van der Waals surface area contributed by atoms with Crippen molar-refractivity contribution in [3.63, 3.8) is 0 Å². The Labute approximate surface area is 143 Å². The number of carbonyl (C=O) groups excluding carboxylic acids is 1. The highest BCUT2D eigenvalue weighted by Gasteiger charge is 2.25. The lowest BCUT2D eigenvalue weighted by molar-refractivity contribution is -0.145. The van der Waals surface area contributed by atoms with Crippen LogP contribution in [0.15, 0.2) is 40.3 Å². The van der Waals surface area contributed by atoms with Crippen molar-refractivity contribution in [2.75, 3.05) is 6.61 Å². The van der Waals surface area contributed by atoms with Crippen LogP contribution in [0.25, 0.3) is 0 Å². The zero-order valence-electron chi connectivity index (χ0n) is 12.8. The Morgan fingerprint density at radius 3 is 2.64 bits per heavy atom. The summed E-state index contributed by atoms with van der Waals surface area (Å²) in [7, 11) is 0. The second-order valence-electron chi connectivity index (χ2n) is 5.20. The zero-order chi connectivity index (χ0) is 15.9. The summed E-state index contributed by atoms with van der Waals surface area (Å²) in [4.78, 5) is 16.5. The molecule has 0 saturated carbocycles. The van der Waals surface area contributed by atoms with Gasteiger partial charge in [0, 0.05) is 16.0 Å². The van der Waals surface area contributed by atoms with E-state index in [2.05, 4.69) is 52.1 Å². The van der Waals surface area contributed by atoms with Gasteiger partial charge in [0.05, 0.1) is 6.61 Å². The van der Waals surface area contributed by atoms with Gasteiger partial charge in [-0.25, -0.2) is 4.98 Å². The van der Waals surface area contributed by atoms with Crippen molar-refractivity contribution >= 4 is 33.2 Å². The predicted molar refractivity (Wildman–Crippen MR) is 93.3 cm³/mol. The van der Waals surface area contributed by atoms with Crippen LogP contribution in [0.3, 0.4) is 0 Å². The molecule has 0 aliphatic rings. The molecule has 0 amide bonds.